The Kier molecular flexibility index (Phi) is 4.61. The topological polar surface area (TPSA) is 42.9 Å². The monoisotopic (exact) mass is 384 g/mol. The van der Waals surface area contributed by atoms with Crippen LogP contribution >= 0.6 is 11.8 Å². The molecule has 1 unspecified atom stereocenters. The van der Waals surface area contributed by atoms with Crippen LogP contribution in [0, 0.1) is 0 Å². The summed E-state index contributed by atoms with van der Waals surface area (Å²) in [6, 6.07) is 4.48. The molecule has 136 valence electrons. The fourth-order valence-electron chi connectivity index (χ4n) is 4.44. The molecule has 0 radical (unpaired) electrons. The van der Waals surface area contributed by atoms with Gasteiger partial charge in [-0.2, -0.15) is 0 Å². The average molecular weight is 385 g/mol. The van der Waals surface area contributed by atoms with E-state index in [1.165, 1.54) is 40.1 Å². The number of thioether (sulfide) groups is 1. The van der Waals surface area contributed by atoms with Gasteiger partial charge in [0.1, 0.15) is 10.1 Å². The second-order valence-electron chi connectivity index (χ2n) is 7.57. The molecule has 26 heavy (non-hydrogen) atoms. The van der Waals surface area contributed by atoms with E-state index in [1.54, 1.807) is 0 Å². The summed E-state index contributed by atoms with van der Waals surface area (Å²) >= 11 is 1.91. The number of hydrogen-bond donors (Lipinski definition) is 0. The van der Waals surface area contributed by atoms with Crippen LogP contribution in [0.15, 0.2) is 22.2 Å². The Morgan fingerprint density at radius 3 is 2.38 bits per heavy atom. The first kappa shape index (κ1) is 16.9. The lowest BCUT2D eigenvalue weighted by atomic mass is 10.1. The SMILES string of the molecule is O=S1CCCCCSc2nc(cc3c2CCC3)-c2cc3c(c1n2)CCC3. The highest BCUT2D eigenvalue weighted by Crippen LogP contribution is 2.36. The van der Waals surface area contributed by atoms with Crippen LogP contribution in [0.2, 0.25) is 0 Å². The van der Waals surface area contributed by atoms with Crippen LogP contribution in [0.1, 0.15) is 54.4 Å². The molecule has 0 N–H and O–H groups in total. The zero-order valence-corrected chi connectivity index (χ0v) is 16.7. The minimum atomic E-state index is -0.981. The maximum atomic E-state index is 13.0. The summed E-state index contributed by atoms with van der Waals surface area (Å²) in [6.45, 7) is 0. The van der Waals surface area contributed by atoms with Gasteiger partial charge in [-0.1, -0.05) is 6.42 Å². The van der Waals surface area contributed by atoms with Crippen molar-refractivity contribution in [2.45, 2.75) is 67.8 Å². The van der Waals surface area contributed by atoms with Crippen LogP contribution in [0.5, 0.6) is 0 Å². The van der Waals surface area contributed by atoms with Gasteiger partial charge in [0.25, 0.3) is 0 Å². The number of aryl methyl sites for hydroxylation is 2. The lowest BCUT2D eigenvalue weighted by molar-refractivity contribution is 0.672. The van der Waals surface area contributed by atoms with E-state index in [0.29, 0.717) is 0 Å². The highest BCUT2D eigenvalue weighted by molar-refractivity contribution is 7.99. The predicted octanol–water partition coefficient (Wildman–Crippen LogP) is 4.50. The van der Waals surface area contributed by atoms with E-state index in [4.69, 9.17) is 9.97 Å². The molecule has 5 rings (SSSR count). The zero-order chi connectivity index (χ0) is 17.5. The number of nitrogens with zero attached hydrogens (tertiary/aromatic N) is 2. The molecular weight excluding hydrogens is 360 g/mol. The Morgan fingerprint density at radius 2 is 1.54 bits per heavy atom. The molecule has 2 aliphatic carbocycles. The molecule has 3 heterocycles. The fraction of sp³-hybridized carbons (Fsp3) is 0.524. The third-order valence-electron chi connectivity index (χ3n) is 5.79. The van der Waals surface area contributed by atoms with Crippen LogP contribution in [-0.4, -0.2) is 25.7 Å². The third-order valence-corrected chi connectivity index (χ3v) is 8.33. The Morgan fingerprint density at radius 1 is 0.808 bits per heavy atom. The van der Waals surface area contributed by atoms with Crippen LogP contribution in [0.4, 0.5) is 0 Å². The van der Waals surface area contributed by atoms with Crippen LogP contribution < -0.4 is 0 Å². The summed E-state index contributed by atoms with van der Waals surface area (Å²) in [6.07, 6.45) is 10.2. The molecule has 0 aromatic carbocycles. The fourth-order valence-corrected chi connectivity index (χ4v) is 6.92. The van der Waals surface area contributed by atoms with Gasteiger partial charge in [0.15, 0.2) is 0 Å². The largest absolute Gasteiger partial charge is 0.253 e. The minimum Gasteiger partial charge on any atom is -0.253 e. The van der Waals surface area contributed by atoms with Gasteiger partial charge in [-0.05, 0) is 91.5 Å². The summed E-state index contributed by atoms with van der Waals surface area (Å²) in [5.41, 5.74) is 7.46. The number of pyridine rings is 2. The van der Waals surface area contributed by atoms with Crippen molar-refractivity contribution in [2.75, 3.05) is 11.5 Å². The van der Waals surface area contributed by atoms with Crippen LogP contribution in [0.25, 0.3) is 11.4 Å². The van der Waals surface area contributed by atoms with Gasteiger partial charge in [-0.25, -0.2) is 9.97 Å². The average Bonchev–Trinajstić information content (AvgIpc) is 3.31. The normalized spacial score (nSPS) is 22.1. The molecule has 0 amide bonds. The molecule has 0 fully saturated rings. The first-order chi connectivity index (χ1) is 12.8. The van der Waals surface area contributed by atoms with Crippen molar-refractivity contribution in [3.8, 4) is 11.4 Å². The minimum absolute atomic E-state index is 0.745. The van der Waals surface area contributed by atoms with Crippen LogP contribution in [-0.2, 0) is 36.5 Å². The van der Waals surface area contributed by atoms with Gasteiger partial charge >= 0.3 is 0 Å². The summed E-state index contributed by atoms with van der Waals surface area (Å²) < 4.78 is 13.0. The summed E-state index contributed by atoms with van der Waals surface area (Å²) in [5.74, 6) is 1.85. The van der Waals surface area contributed by atoms with Crippen molar-refractivity contribution in [3.05, 3.63) is 34.4 Å². The number of hydrogen-bond acceptors (Lipinski definition) is 4. The number of aromatic nitrogens is 2. The second kappa shape index (κ2) is 7.08. The van der Waals surface area contributed by atoms with Gasteiger partial charge in [0.2, 0.25) is 0 Å². The highest BCUT2D eigenvalue weighted by Gasteiger charge is 2.24. The maximum absolute atomic E-state index is 13.0. The molecule has 2 aromatic heterocycles. The third kappa shape index (κ3) is 3.03. The molecule has 1 atom stereocenters. The van der Waals surface area contributed by atoms with E-state index in [9.17, 15) is 4.21 Å². The Bertz CT molecular complexity index is 894. The molecular formula is C21H24N2OS2. The van der Waals surface area contributed by atoms with Crippen molar-refractivity contribution in [3.63, 3.8) is 0 Å². The lowest BCUT2D eigenvalue weighted by Gasteiger charge is -2.13. The Hall–Kier alpha value is -1.20. The molecule has 1 aliphatic heterocycles. The van der Waals surface area contributed by atoms with Gasteiger partial charge < -0.3 is 0 Å². The first-order valence-corrected chi connectivity index (χ1v) is 12.2. The summed E-state index contributed by atoms with van der Waals surface area (Å²) in [4.78, 5) is 9.95. The van der Waals surface area contributed by atoms with Gasteiger partial charge in [-0.15, -0.1) is 11.8 Å². The Balaban J connectivity index is 1.69. The molecule has 3 nitrogen and oxygen atoms in total. The molecule has 4 bridgehead atoms. The smallest absolute Gasteiger partial charge is 0.131 e. The maximum Gasteiger partial charge on any atom is 0.131 e. The summed E-state index contributed by atoms with van der Waals surface area (Å²) in [5, 5.41) is 2.07. The molecule has 0 saturated carbocycles. The van der Waals surface area contributed by atoms with Gasteiger partial charge in [0.05, 0.1) is 22.2 Å². The number of fused-ring (bicyclic) bond motifs is 9. The van der Waals surface area contributed by atoms with Crippen molar-refractivity contribution in [1.29, 1.82) is 0 Å². The van der Waals surface area contributed by atoms with E-state index in [-0.39, 0.29) is 0 Å². The lowest BCUT2D eigenvalue weighted by Crippen LogP contribution is -2.07. The van der Waals surface area contributed by atoms with Gasteiger partial charge in [0, 0.05) is 5.75 Å². The summed E-state index contributed by atoms with van der Waals surface area (Å²) in [7, 11) is -0.981. The first-order valence-electron chi connectivity index (χ1n) is 9.87. The van der Waals surface area contributed by atoms with Crippen LogP contribution in [0.3, 0.4) is 0 Å². The van der Waals surface area contributed by atoms with E-state index >= 15 is 0 Å². The van der Waals surface area contributed by atoms with Crippen molar-refractivity contribution >= 4 is 22.6 Å². The number of rotatable bonds is 0. The van der Waals surface area contributed by atoms with E-state index < -0.39 is 10.8 Å². The molecule has 5 heteroatoms. The Labute approximate surface area is 161 Å². The molecule has 3 aliphatic rings. The molecule has 0 saturated heterocycles. The second-order valence-corrected chi connectivity index (χ2v) is 10.1. The zero-order valence-electron chi connectivity index (χ0n) is 15.1. The standard InChI is InChI=1S/C21H24N2OS2/c24-26-11-3-1-2-10-25-20-16-8-4-6-14(16)12-18(22-20)19-13-15-7-5-9-17(15)21(26)23-19/h12-13H,1-11H2. The van der Waals surface area contributed by atoms with Crippen molar-refractivity contribution in [2.24, 2.45) is 0 Å². The van der Waals surface area contributed by atoms with Crippen molar-refractivity contribution in [1.82, 2.24) is 9.97 Å². The quantitative estimate of drug-likeness (QED) is 0.670. The molecule has 2 aromatic rings. The van der Waals surface area contributed by atoms with Crippen molar-refractivity contribution < 1.29 is 4.21 Å². The molecule has 0 spiro atoms. The predicted molar refractivity (Wildman–Crippen MR) is 107 cm³/mol. The van der Waals surface area contributed by atoms with E-state index in [0.717, 1.165) is 72.9 Å². The van der Waals surface area contributed by atoms with E-state index in [2.05, 4.69) is 12.1 Å². The highest BCUT2D eigenvalue weighted by atomic mass is 32.2. The van der Waals surface area contributed by atoms with Gasteiger partial charge in [-0.3, -0.25) is 4.21 Å². The van der Waals surface area contributed by atoms with E-state index in [1.807, 2.05) is 11.8 Å².